The standard InChI is InChI=1S/C25H21N5O/c31-25(27-16-22-11-13-23(14-12-22)17-30-19-26-18-28-30)29-24-8-4-7-21(15-24)10-9-20-5-2-1-3-6-20/h1-8,11-15,18-19H,16-17H2,(H2,27,29,31). The van der Waals surface area contributed by atoms with Gasteiger partial charge in [-0.25, -0.2) is 14.5 Å². The van der Waals surface area contributed by atoms with Gasteiger partial charge in [0, 0.05) is 23.4 Å². The number of aromatic nitrogens is 3. The number of benzene rings is 3. The Balaban J connectivity index is 1.29. The molecule has 0 atom stereocenters. The molecule has 3 aromatic carbocycles. The van der Waals surface area contributed by atoms with Gasteiger partial charge in [0.1, 0.15) is 12.7 Å². The fourth-order valence-corrected chi connectivity index (χ4v) is 2.96. The normalized spacial score (nSPS) is 10.1. The molecule has 0 saturated carbocycles. The summed E-state index contributed by atoms with van der Waals surface area (Å²) >= 11 is 0. The van der Waals surface area contributed by atoms with Crippen LogP contribution in [-0.4, -0.2) is 20.8 Å². The van der Waals surface area contributed by atoms with Gasteiger partial charge in [-0.15, -0.1) is 0 Å². The van der Waals surface area contributed by atoms with Gasteiger partial charge in [-0.05, 0) is 41.5 Å². The van der Waals surface area contributed by atoms with Crippen molar-refractivity contribution in [3.8, 4) is 11.8 Å². The average Bonchev–Trinajstić information content (AvgIpc) is 3.31. The van der Waals surface area contributed by atoms with Gasteiger partial charge in [-0.3, -0.25) is 0 Å². The minimum absolute atomic E-state index is 0.264. The maximum atomic E-state index is 12.3. The number of nitrogens with one attached hydrogen (secondary N) is 2. The number of amides is 2. The van der Waals surface area contributed by atoms with Crippen LogP contribution in [0, 0.1) is 11.8 Å². The summed E-state index contributed by atoms with van der Waals surface area (Å²) in [6.07, 6.45) is 3.20. The molecule has 0 bridgehead atoms. The van der Waals surface area contributed by atoms with E-state index in [4.69, 9.17) is 0 Å². The van der Waals surface area contributed by atoms with E-state index in [0.29, 0.717) is 18.8 Å². The molecule has 6 nitrogen and oxygen atoms in total. The molecule has 1 aromatic heterocycles. The molecule has 4 rings (SSSR count). The Bertz CT molecular complexity index is 1190. The molecule has 4 aromatic rings. The van der Waals surface area contributed by atoms with E-state index in [1.54, 1.807) is 11.0 Å². The van der Waals surface area contributed by atoms with Crippen molar-refractivity contribution in [3.05, 3.63) is 114 Å². The molecule has 0 aliphatic heterocycles. The zero-order chi connectivity index (χ0) is 21.3. The van der Waals surface area contributed by atoms with E-state index >= 15 is 0 Å². The molecule has 1 heterocycles. The van der Waals surface area contributed by atoms with E-state index in [9.17, 15) is 4.79 Å². The van der Waals surface area contributed by atoms with E-state index in [-0.39, 0.29) is 6.03 Å². The lowest BCUT2D eigenvalue weighted by atomic mass is 10.1. The van der Waals surface area contributed by atoms with Gasteiger partial charge in [-0.1, -0.05) is 60.4 Å². The molecule has 2 N–H and O–H groups in total. The van der Waals surface area contributed by atoms with Crippen molar-refractivity contribution in [1.82, 2.24) is 20.1 Å². The largest absolute Gasteiger partial charge is 0.334 e. The van der Waals surface area contributed by atoms with E-state index < -0.39 is 0 Å². The minimum atomic E-state index is -0.264. The SMILES string of the molecule is O=C(NCc1ccc(Cn2cncn2)cc1)Nc1cccc(C#Cc2ccccc2)c1. The molecule has 0 spiro atoms. The monoisotopic (exact) mass is 407 g/mol. The molecule has 0 unspecified atom stereocenters. The van der Waals surface area contributed by atoms with Crippen molar-refractivity contribution in [2.45, 2.75) is 13.1 Å². The number of hydrogen-bond donors (Lipinski definition) is 2. The van der Waals surface area contributed by atoms with Crippen molar-refractivity contribution in [2.24, 2.45) is 0 Å². The molecule has 0 aliphatic rings. The van der Waals surface area contributed by atoms with Crippen molar-refractivity contribution >= 4 is 11.7 Å². The number of rotatable bonds is 5. The molecule has 0 saturated heterocycles. The van der Waals surface area contributed by atoms with Gasteiger partial charge in [0.05, 0.1) is 6.54 Å². The lowest BCUT2D eigenvalue weighted by Gasteiger charge is -2.09. The summed E-state index contributed by atoms with van der Waals surface area (Å²) in [5.41, 5.74) is 4.61. The van der Waals surface area contributed by atoms with Crippen LogP contribution in [0.15, 0.2) is 91.5 Å². The molecular weight excluding hydrogens is 386 g/mol. The van der Waals surface area contributed by atoms with Crippen LogP contribution >= 0.6 is 0 Å². The molecular formula is C25H21N5O. The van der Waals surface area contributed by atoms with E-state index in [1.165, 1.54) is 6.33 Å². The van der Waals surface area contributed by atoms with Crippen molar-refractivity contribution in [1.29, 1.82) is 0 Å². The van der Waals surface area contributed by atoms with E-state index in [2.05, 4.69) is 32.6 Å². The number of carbonyl (C=O) groups excluding carboxylic acids is 1. The lowest BCUT2D eigenvalue weighted by molar-refractivity contribution is 0.251. The highest BCUT2D eigenvalue weighted by molar-refractivity contribution is 5.89. The molecule has 31 heavy (non-hydrogen) atoms. The van der Waals surface area contributed by atoms with Gasteiger partial charge < -0.3 is 10.6 Å². The Morgan fingerprint density at radius 2 is 1.61 bits per heavy atom. The van der Waals surface area contributed by atoms with Gasteiger partial charge in [-0.2, -0.15) is 5.10 Å². The Labute approximate surface area is 181 Å². The number of urea groups is 1. The van der Waals surface area contributed by atoms with Crippen molar-refractivity contribution < 1.29 is 4.79 Å². The van der Waals surface area contributed by atoms with Crippen LogP contribution in [-0.2, 0) is 13.1 Å². The van der Waals surface area contributed by atoms with Crippen LogP contribution in [0.4, 0.5) is 10.5 Å². The second-order valence-corrected chi connectivity index (χ2v) is 6.91. The summed E-state index contributed by atoms with van der Waals surface area (Å²) in [6, 6.07) is 25.0. The van der Waals surface area contributed by atoms with Crippen LogP contribution < -0.4 is 10.6 Å². The van der Waals surface area contributed by atoms with Crippen molar-refractivity contribution in [3.63, 3.8) is 0 Å². The topological polar surface area (TPSA) is 71.8 Å². The predicted octanol–water partition coefficient (Wildman–Crippen LogP) is 4.05. The van der Waals surface area contributed by atoms with E-state index in [0.717, 1.165) is 22.3 Å². The Morgan fingerprint density at radius 3 is 2.39 bits per heavy atom. The van der Waals surface area contributed by atoms with Crippen LogP contribution in [0.1, 0.15) is 22.3 Å². The zero-order valence-corrected chi connectivity index (χ0v) is 16.8. The predicted molar refractivity (Wildman–Crippen MR) is 120 cm³/mol. The highest BCUT2D eigenvalue weighted by Crippen LogP contribution is 2.10. The second kappa shape index (κ2) is 9.90. The van der Waals surface area contributed by atoms with Crippen molar-refractivity contribution in [2.75, 3.05) is 5.32 Å². The van der Waals surface area contributed by atoms with E-state index in [1.807, 2.05) is 78.9 Å². The Hall–Kier alpha value is -4.37. The fraction of sp³-hybridized carbons (Fsp3) is 0.0800. The maximum Gasteiger partial charge on any atom is 0.319 e. The quantitative estimate of drug-likeness (QED) is 0.490. The third-order valence-electron chi connectivity index (χ3n) is 4.53. The van der Waals surface area contributed by atoms with Gasteiger partial charge in [0.25, 0.3) is 0 Å². The van der Waals surface area contributed by atoms with Crippen LogP contribution in [0.5, 0.6) is 0 Å². The first-order valence-corrected chi connectivity index (χ1v) is 9.87. The number of anilines is 1. The highest BCUT2D eigenvalue weighted by Gasteiger charge is 2.03. The van der Waals surface area contributed by atoms with Crippen LogP contribution in [0.2, 0.25) is 0 Å². The first-order chi connectivity index (χ1) is 15.2. The smallest absolute Gasteiger partial charge is 0.319 e. The first kappa shape index (κ1) is 19.9. The third kappa shape index (κ3) is 6.05. The molecule has 2 amide bonds. The Morgan fingerprint density at radius 1 is 0.871 bits per heavy atom. The van der Waals surface area contributed by atoms with Gasteiger partial charge in [0.2, 0.25) is 0 Å². The van der Waals surface area contributed by atoms with Crippen LogP contribution in [0.25, 0.3) is 0 Å². The number of hydrogen-bond acceptors (Lipinski definition) is 3. The highest BCUT2D eigenvalue weighted by atomic mass is 16.2. The molecule has 6 heteroatoms. The summed E-state index contributed by atoms with van der Waals surface area (Å²) in [7, 11) is 0. The summed E-state index contributed by atoms with van der Waals surface area (Å²) in [6.45, 7) is 1.10. The summed E-state index contributed by atoms with van der Waals surface area (Å²) < 4.78 is 1.76. The lowest BCUT2D eigenvalue weighted by Crippen LogP contribution is -2.28. The average molecular weight is 407 g/mol. The number of nitrogens with zero attached hydrogens (tertiary/aromatic N) is 3. The molecule has 0 radical (unpaired) electrons. The zero-order valence-electron chi connectivity index (χ0n) is 16.8. The summed E-state index contributed by atoms with van der Waals surface area (Å²) in [4.78, 5) is 16.2. The van der Waals surface area contributed by atoms with Crippen LogP contribution in [0.3, 0.4) is 0 Å². The number of carbonyl (C=O) groups is 1. The molecule has 0 aliphatic carbocycles. The minimum Gasteiger partial charge on any atom is -0.334 e. The first-order valence-electron chi connectivity index (χ1n) is 9.87. The summed E-state index contributed by atoms with van der Waals surface area (Å²) in [5.74, 6) is 6.24. The third-order valence-corrected chi connectivity index (χ3v) is 4.53. The molecule has 0 fully saturated rings. The van der Waals surface area contributed by atoms with Gasteiger partial charge >= 0.3 is 6.03 Å². The molecule has 152 valence electrons. The van der Waals surface area contributed by atoms with Gasteiger partial charge in [0.15, 0.2) is 0 Å². The maximum absolute atomic E-state index is 12.3. The summed E-state index contributed by atoms with van der Waals surface area (Å²) in [5, 5.41) is 9.83. The second-order valence-electron chi connectivity index (χ2n) is 6.91. The fourth-order valence-electron chi connectivity index (χ4n) is 2.96. The Kier molecular flexibility index (Phi) is 6.36.